The van der Waals surface area contributed by atoms with E-state index in [0.717, 1.165) is 51.6 Å². The molecule has 2 N–H and O–H groups in total. The lowest BCUT2D eigenvalue weighted by Crippen LogP contribution is -2.57. The average molecular weight is 590 g/mol. The molecule has 1 aromatic carbocycles. The monoisotopic (exact) mass is 588 g/mol. The van der Waals surface area contributed by atoms with E-state index in [1.807, 2.05) is 12.2 Å². The zero-order valence-electron chi connectivity index (χ0n) is 22.7. The van der Waals surface area contributed by atoms with Crippen LogP contribution in [0.15, 0.2) is 30.4 Å². The normalized spacial score (nSPS) is 32.2. The van der Waals surface area contributed by atoms with Crippen LogP contribution in [0.1, 0.15) is 57.8 Å². The number of amides is 3. The molecule has 216 valence electrons. The summed E-state index contributed by atoms with van der Waals surface area (Å²) in [5, 5.41) is 6.95. The molecule has 1 saturated carbocycles. The van der Waals surface area contributed by atoms with E-state index in [1.165, 1.54) is 19.3 Å². The van der Waals surface area contributed by atoms with Crippen molar-refractivity contribution in [2.75, 3.05) is 31.5 Å². The number of benzene rings is 1. The van der Waals surface area contributed by atoms with E-state index in [9.17, 15) is 14.4 Å². The molecule has 3 unspecified atom stereocenters. The van der Waals surface area contributed by atoms with Crippen molar-refractivity contribution in [3.05, 3.63) is 40.4 Å². The Morgan fingerprint density at radius 1 is 0.925 bits per heavy atom. The van der Waals surface area contributed by atoms with Gasteiger partial charge in [-0.05, 0) is 57.0 Å². The molecule has 4 fully saturated rings. The molecular weight excluding hydrogens is 551 g/mol. The molecule has 40 heavy (non-hydrogen) atoms. The van der Waals surface area contributed by atoms with Crippen molar-refractivity contribution >= 4 is 46.6 Å². The Labute approximate surface area is 245 Å². The number of hydrogen-bond acceptors (Lipinski definition) is 5. The lowest BCUT2D eigenvalue weighted by molar-refractivity contribution is -0.141. The smallest absolute Gasteiger partial charge is 0.246 e. The largest absolute Gasteiger partial charge is 0.359 e. The zero-order chi connectivity index (χ0) is 27.9. The third-order valence-electron chi connectivity index (χ3n) is 9.36. The number of rotatable bonds is 7. The van der Waals surface area contributed by atoms with E-state index in [0.29, 0.717) is 28.8 Å². The topological polar surface area (TPSA) is 91.0 Å². The highest BCUT2D eigenvalue weighted by Gasteiger charge is 2.72. The lowest BCUT2D eigenvalue weighted by atomic mass is 9.74. The van der Waals surface area contributed by atoms with Crippen molar-refractivity contribution in [3.63, 3.8) is 0 Å². The predicted octanol–water partition coefficient (Wildman–Crippen LogP) is 4.41. The van der Waals surface area contributed by atoms with Gasteiger partial charge in [0.05, 0.1) is 17.9 Å². The van der Waals surface area contributed by atoms with Gasteiger partial charge in [-0.3, -0.25) is 14.4 Å². The maximum Gasteiger partial charge on any atom is 0.246 e. The maximum atomic E-state index is 14.2. The number of nitrogens with zero attached hydrogens (tertiary/aromatic N) is 2. The van der Waals surface area contributed by atoms with Crippen molar-refractivity contribution in [2.45, 2.75) is 81.6 Å². The number of carbonyl (C=O) groups is 3. The molecule has 3 saturated heterocycles. The maximum absolute atomic E-state index is 14.2. The molecule has 4 heterocycles. The standard InChI is InChI=1S/C30H38Cl2N4O4/c31-19-16-20(32)18-22(17-19)34-27(37)24-23-10-11-30(40-23)25(24)29(39)36(15-14-35-12-6-1-2-7-13-35)26(30)28(38)33-21-8-4-3-5-9-21/h10-11,16-18,21,23-26H,1-9,12-15H2,(H,33,38)(H,34,37)/t23-,24?,25-,26?,30?/m0/s1. The molecule has 10 heteroatoms. The van der Waals surface area contributed by atoms with Crippen LogP contribution in [0.4, 0.5) is 5.69 Å². The molecule has 1 spiro atoms. The van der Waals surface area contributed by atoms with Crippen LogP contribution in [-0.4, -0.2) is 77.5 Å². The summed E-state index contributed by atoms with van der Waals surface area (Å²) >= 11 is 12.3. The fourth-order valence-corrected chi connectivity index (χ4v) is 8.02. The number of fused-ring (bicyclic) bond motifs is 1. The van der Waals surface area contributed by atoms with Gasteiger partial charge in [0.25, 0.3) is 0 Å². The Bertz CT molecular complexity index is 1160. The minimum absolute atomic E-state index is 0.105. The highest BCUT2D eigenvalue weighted by Crippen LogP contribution is 2.55. The summed E-state index contributed by atoms with van der Waals surface area (Å²) in [5.41, 5.74) is -0.703. The summed E-state index contributed by atoms with van der Waals surface area (Å²) in [7, 11) is 0. The first-order chi connectivity index (χ1) is 19.4. The number of anilines is 1. The van der Waals surface area contributed by atoms with Gasteiger partial charge in [0.2, 0.25) is 17.7 Å². The van der Waals surface area contributed by atoms with Crippen LogP contribution < -0.4 is 10.6 Å². The quantitative estimate of drug-likeness (QED) is 0.460. The van der Waals surface area contributed by atoms with Crippen LogP contribution in [0, 0.1) is 11.8 Å². The SMILES string of the molecule is O=C(Nc1cc(Cl)cc(Cl)c1)C1[C@@H]2C=CC3(O2)C(C(=O)NC2CCCCC2)N(CCN2CCCCCC2)C(=O)[C@H]13. The van der Waals surface area contributed by atoms with Crippen LogP contribution >= 0.6 is 23.2 Å². The highest BCUT2D eigenvalue weighted by atomic mass is 35.5. The molecule has 0 aromatic heterocycles. The summed E-state index contributed by atoms with van der Waals surface area (Å²) in [6, 6.07) is 4.13. The van der Waals surface area contributed by atoms with Crippen molar-refractivity contribution in [3.8, 4) is 0 Å². The highest BCUT2D eigenvalue weighted by molar-refractivity contribution is 6.35. The summed E-state index contributed by atoms with van der Waals surface area (Å²) in [6.07, 6.45) is 13.2. The third-order valence-corrected chi connectivity index (χ3v) is 9.80. The molecule has 1 aliphatic carbocycles. The Hall–Kier alpha value is -2.13. The number of halogens is 2. The van der Waals surface area contributed by atoms with Crippen LogP contribution in [0.3, 0.4) is 0 Å². The minimum Gasteiger partial charge on any atom is -0.359 e. The Kier molecular flexibility index (Phi) is 8.14. The fourth-order valence-electron chi connectivity index (χ4n) is 7.50. The van der Waals surface area contributed by atoms with Gasteiger partial charge >= 0.3 is 0 Å². The van der Waals surface area contributed by atoms with Gasteiger partial charge in [-0.25, -0.2) is 0 Å². The van der Waals surface area contributed by atoms with Gasteiger partial charge in [-0.15, -0.1) is 0 Å². The van der Waals surface area contributed by atoms with Gasteiger partial charge in [0, 0.05) is 34.9 Å². The molecule has 0 radical (unpaired) electrons. The van der Waals surface area contributed by atoms with Crippen LogP contribution in [0.5, 0.6) is 0 Å². The van der Waals surface area contributed by atoms with Gasteiger partial charge < -0.3 is 25.2 Å². The van der Waals surface area contributed by atoms with Gasteiger partial charge in [-0.1, -0.05) is 67.5 Å². The summed E-state index contributed by atoms with van der Waals surface area (Å²) in [4.78, 5) is 45.9. The van der Waals surface area contributed by atoms with Crippen LogP contribution in [0.2, 0.25) is 10.0 Å². The van der Waals surface area contributed by atoms with Crippen molar-refractivity contribution in [1.29, 1.82) is 0 Å². The van der Waals surface area contributed by atoms with E-state index >= 15 is 0 Å². The zero-order valence-corrected chi connectivity index (χ0v) is 24.3. The molecule has 1 aromatic rings. The number of nitrogens with one attached hydrogen (secondary N) is 2. The number of carbonyl (C=O) groups excluding carboxylic acids is 3. The minimum atomic E-state index is -1.16. The van der Waals surface area contributed by atoms with E-state index in [4.69, 9.17) is 27.9 Å². The number of likely N-dealkylation sites (tertiary alicyclic amines) is 2. The molecule has 4 aliphatic heterocycles. The first kappa shape index (κ1) is 28.0. The fraction of sp³-hybridized carbons (Fsp3) is 0.633. The second-order valence-corrected chi connectivity index (χ2v) is 12.9. The van der Waals surface area contributed by atoms with E-state index in [1.54, 1.807) is 23.1 Å². The Morgan fingerprint density at radius 2 is 1.60 bits per heavy atom. The molecule has 2 bridgehead atoms. The number of hydrogen-bond donors (Lipinski definition) is 2. The molecule has 5 aliphatic rings. The average Bonchev–Trinajstić information content (AvgIpc) is 3.46. The summed E-state index contributed by atoms with van der Waals surface area (Å²) < 4.78 is 6.48. The third kappa shape index (κ3) is 5.28. The molecular formula is C30H38Cl2N4O4. The second kappa shape index (κ2) is 11.6. The van der Waals surface area contributed by atoms with Gasteiger partial charge in [0.15, 0.2) is 0 Å². The molecule has 5 atom stereocenters. The first-order valence-electron chi connectivity index (χ1n) is 14.8. The van der Waals surface area contributed by atoms with E-state index in [-0.39, 0.29) is 23.8 Å². The van der Waals surface area contributed by atoms with E-state index in [2.05, 4.69) is 15.5 Å². The first-order valence-corrected chi connectivity index (χ1v) is 15.6. The van der Waals surface area contributed by atoms with Gasteiger partial charge in [-0.2, -0.15) is 0 Å². The van der Waals surface area contributed by atoms with Crippen molar-refractivity contribution in [2.24, 2.45) is 11.8 Å². The molecule has 3 amide bonds. The summed E-state index contributed by atoms with van der Waals surface area (Å²) in [6.45, 7) is 3.13. The predicted molar refractivity (Wildman–Crippen MR) is 154 cm³/mol. The molecule has 6 rings (SSSR count). The number of ether oxygens (including phenoxy) is 1. The van der Waals surface area contributed by atoms with Crippen molar-refractivity contribution < 1.29 is 19.1 Å². The molecule has 8 nitrogen and oxygen atoms in total. The lowest BCUT2D eigenvalue weighted by Gasteiger charge is -2.35. The second-order valence-electron chi connectivity index (χ2n) is 12.0. The Balaban J connectivity index is 1.26. The van der Waals surface area contributed by atoms with Crippen LogP contribution in [-0.2, 0) is 19.1 Å². The van der Waals surface area contributed by atoms with E-state index < -0.39 is 29.6 Å². The van der Waals surface area contributed by atoms with Gasteiger partial charge in [0.1, 0.15) is 11.6 Å². The van der Waals surface area contributed by atoms with Crippen molar-refractivity contribution in [1.82, 2.24) is 15.1 Å². The Morgan fingerprint density at radius 3 is 2.30 bits per heavy atom. The van der Waals surface area contributed by atoms with Crippen LogP contribution in [0.25, 0.3) is 0 Å². The summed E-state index contributed by atoms with van der Waals surface area (Å²) in [5.74, 6) is -2.23.